The Morgan fingerprint density at radius 1 is 1.21 bits per heavy atom. The molecular weight excluding hydrogens is 194 g/mol. The van der Waals surface area contributed by atoms with Crippen LogP contribution in [0.5, 0.6) is 0 Å². The topological polar surface area (TPSA) is 43.1 Å². The van der Waals surface area contributed by atoms with E-state index < -0.39 is 0 Å². The molecule has 1 saturated carbocycles. The third-order valence-electron chi connectivity index (χ3n) is 2.82. The largest absolute Gasteiger partial charge is 0.370 e. The predicted molar refractivity (Wildman–Crippen MR) is 62.3 cm³/mol. The van der Waals surface area contributed by atoms with E-state index in [1.165, 1.54) is 44.3 Å². The highest BCUT2D eigenvalue weighted by atomic mass is 32.2. The van der Waals surface area contributed by atoms with Crippen LogP contribution in [0.15, 0.2) is 0 Å². The number of hydrogen-bond donors (Lipinski definition) is 1. The number of thioether (sulfide) groups is 1. The van der Waals surface area contributed by atoms with Gasteiger partial charge in [0.2, 0.25) is 5.91 Å². The average Bonchev–Trinajstić information content (AvgIpc) is 2.40. The monoisotopic (exact) mass is 215 g/mol. The summed E-state index contributed by atoms with van der Waals surface area (Å²) < 4.78 is 0. The average molecular weight is 215 g/mol. The summed E-state index contributed by atoms with van der Waals surface area (Å²) in [7, 11) is 0. The van der Waals surface area contributed by atoms with E-state index in [0.29, 0.717) is 6.42 Å². The second-order valence-corrected chi connectivity index (χ2v) is 5.30. The third kappa shape index (κ3) is 5.53. The van der Waals surface area contributed by atoms with Gasteiger partial charge in [-0.2, -0.15) is 11.8 Å². The lowest BCUT2D eigenvalue weighted by molar-refractivity contribution is -0.117. The first-order valence-electron chi connectivity index (χ1n) is 5.65. The fourth-order valence-electron chi connectivity index (χ4n) is 1.95. The number of primary amides is 1. The van der Waals surface area contributed by atoms with Crippen LogP contribution < -0.4 is 5.73 Å². The summed E-state index contributed by atoms with van der Waals surface area (Å²) >= 11 is 1.90. The zero-order chi connectivity index (χ0) is 10.2. The van der Waals surface area contributed by atoms with Crippen LogP contribution in [0.4, 0.5) is 0 Å². The molecule has 0 bridgehead atoms. The van der Waals surface area contributed by atoms with Crippen LogP contribution in [0.2, 0.25) is 0 Å². The van der Waals surface area contributed by atoms with E-state index in [1.807, 2.05) is 11.8 Å². The SMILES string of the molecule is NC(=O)CCSCC1CCCCCC1. The van der Waals surface area contributed by atoms with Crippen LogP contribution in [0.25, 0.3) is 0 Å². The van der Waals surface area contributed by atoms with Crippen molar-refractivity contribution in [2.45, 2.75) is 44.9 Å². The molecule has 0 saturated heterocycles. The van der Waals surface area contributed by atoms with Gasteiger partial charge in [0.15, 0.2) is 0 Å². The van der Waals surface area contributed by atoms with E-state index in [4.69, 9.17) is 5.73 Å². The number of carbonyl (C=O) groups is 1. The molecule has 1 amide bonds. The van der Waals surface area contributed by atoms with Crippen LogP contribution in [-0.4, -0.2) is 17.4 Å². The van der Waals surface area contributed by atoms with E-state index in [9.17, 15) is 4.79 Å². The van der Waals surface area contributed by atoms with Gasteiger partial charge in [-0.05, 0) is 24.5 Å². The summed E-state index contributed by atoms with van der Waals surface area (Å²) in [4.78, 5) is 10.5. The Hall–Kier alpha value is -0.180. The summed E-state index contributed by atoms with van der Waals surface area (Å²) in [5.41, 5.74) is 5.08. The lowest BCUT2D eigenvalue weighted by atomic mass is 10.0. The molecule has 1 aliphatic rings. The molecule has 0 aliphatic heterocycles. The molecule has 1 rings (SSSR count). The maximum atomic E-state index is 10.5. The predicted octanol–water partition coefficient (Wildman–Crippen LogP) is 2.57. The molecule has 3 heteroatoms. The highest BCUT2D eigenvalue weighted by molar-refractivity contribution is 7.99. The maximum Gasteiger partial charge on any atom is 0.218 e. The van der Waals surface area contributed by atoms with Gasteiger partial charge in [0, 0.05) is 12.2 Å². The minimum Gasteiger partial charge on any atom is -0.370 e. The van der Waals surface area contributed by atoms with E-state index in [0.717, 1.165) is 11.7 Å². The Balaban J connectivity index is 2.01. The fraction of sp³-hybridized carbons (Fsp3) is 0.909. The van der Waals surface area contributed by atoms with Gasteiger partial charge in [0.25, 0.3) is 0 Å². The first-order valence-corrected chi connectivity index (χ1v) is 6.80. The smallest absolute Gasteiger partial charge is 0.218 e. The van der Waals surface area contributed by atoms with Crippen molar-refractivity contribution in [1.29, 1.82) is 0 Å². The minimum atomic E-state index is -0.168. The van der Waals surface area contributed by atoms with E-state index in [1.54, 1.807) is 0 Å². The standard InChI is InChI=1S/C11H21NOS/c12-11(13)7-8-14-9-10-5-3-1-2-4-6-10/h10H,1-9H2,(H2,12,13). The molecule has 0 heterocycles. The summed E-state index contributed by atoms with van der Waals surface area (Å²) in [6.45, 7) is 0. The Kier molecular flexibility index (Phi) is 6.08. The number of rotatable bonds is 5. The molecule has 2 nitrogen and oxygen atoms in total. The second kappa shape index (κ2) is 7.16. The van der Waals surface area contributed by atoms with Gasteiger partial charge in [-0.25, -0.2) is 0 Å². The van der Waals surface area contributed by atoms with Gasteiger partial charge in [-0.1, -0.05) is 25.7 Å². The summed E-state index contributed by atoms with van der Waals surface area (Å²) in [5, 5.41) is 0. The molecule has 0 aromatic rings. The Labute approximate surface area is 91.0 Å². The fourth-order valence-corrected chi connectivity index (χ4v) is 3.13. The van der Waals surface area contributed by atoms with Gasteiger partial charge in [-0.15, -0.1) is 0 Å². The summed E-state index contributed by atoms with van der Waals surface area (Å²) in [6.07, 6.45) is 8.97. The normalized spacial score (nSPS) is 19.1. The molecule has 1 fully saturated rings. The van der Waals surface area contributed by atoms with Gasteiger partial charge in [0.05, 0.1) is 0 Å². The third-order valence-corrected chi connectivity index (χ3v) is 4.02. The van der Waals surface area contributed by atoms with Crippen LogP contribution in [0, 0.1) is 5.92 Å². The number of carbonyl (C=O) groups excluding carboxylic acids is 1. The number of amides is 1. The lowest BCUT2D eigenvalue weighted by Gasteiger charge is -2.12. The molecule has 82 valence electrons. The highest BCUT2D eigenvalue weighted by Crippen LogP contribution is 2.25. The molecular formula is C11H21NOS. The molecule has 14 heavy (non-hydrogen) atoms. The first-order chi connectivity index (χ1) is 6.79. The van der Waals surface area contributed by atoms with Crippen molar-refractivity contribution in [3.05, 3.63) is 0 Å². The van der Waals surface area contributed by atoms with Gasteiger partial charge in [-0.3, -0.25) is 4.79 Å². The maximum absolute atomic E-state index is 10.5. The molecule has 0 aromatic heterocycles. The van der Waals surface area contributed by atoms with Crippen molar-refractivity contribution in [2.24, 2.45) is 11.7 Å². The number of hydrogen-bond acceptors (Lipinski definition) is 2. The van der Waals surface area contributed by atoms with Crippen LogP contribution >= 0.6 is 11.8 Å². The van der Waals surface area contributed by atoms with Gasteiger partial charge < -0.3 is 5.73 Å². The van der Waals surface area contributed by atoms with E-state index in [2.05, 4.69) is 0 Å². The molecule has 0 spiro atoms. The molecule has 0 atom stereocenters. The number of nitrogens with two attached hydrogens (primary N) is 1. The first kappa shape index (κ1) is 11.9. The minimum absolute atomic E-state index is 0.168. The zero-order valence-electron chi connectivity index (χ0n) is 8.84. The Morgan fingerprint density at radius 2 is 1.86 bits per heavy atom. The summed E-state index contributed by atoms with van der Waals surface area (Å²) in [5.74, 6) is 2.87. The molecule has 0 unspecified atom stereocenters. The van der Waals surface area contributed by atoms with Crippen molar-refractivity contribution >= 4 is 17.7 Å². The molecule has 0 radical (unpaired) electrons. The van der Waals surface area contributed by atoms with Crippen molar-refractivity contribution in [1.82, 2.24) is 0 Å². The van der Waals surface area contributed by atoms with E-state index >= 15 is 0 Å². The van der Waals surface area contributed by atoms with Gasteiger partial charge in [0.1, 0.15) is 0 Å². The van der Waals surface area contributed by atoms with Crippen molar-refractivity contribution in [3.63, 3.8) is 0 Å². The zero-order valence-corrected chi connectivity index (χ0v) is 9.65. The van der Waals surface area contributed by atoms with Crippen molar-refractivity contribution in [3.8, 4) is 0 Å². The van der Waals surface area contributed by atoms with Crippen molar-refractivity contribution < 1.29 is 4.79 Å². The molecule has 2 N–H and O–H groups in total. The Morgan fingerprint density at radius 3 is 2.43 bits per heavy atom. The van der Waals surface area contributed by atoms with E-state index in [-0.39, 0.29) is 5.91 Å². The molecule has 0 aromatic carbocycles. The van der Waals surface area contributed by atoms with Crippen LogP contribution in [0.3, 0.4) is 0 Å². The van der Waals surface area contributed by atoms with Gasteiger partial charge >= 0.3 is 0 Å². The quantitative estimate of drug-likeness (QED) is 0.566. The molecule has 1 aliphatic carbocycles. The second-order valence-electron chi connectivity index (χ2n) is 4.15. The highest BCUT2D eigenvalue weighted by Gasteiger charge is 2.11. The Bertz CT molecular complexity index is 165. The lowest BCUT2D eigenvalue weighted by Crippen LogP contribution is -2.11. The summed E-state index contributed by atoms with van der Waals surface area (Å²) in [6, 6.07) is 0. The van der Waals surface area contributed by atoms with Crippen LogP contribution in [-0.2, 0) is 4.79 Å². The van der Waals surface area contributed by atoms with Crippen LogP contribution in [0.1, 0.15) is 44.9 Å². The van der Waals surface area contributed by atoms with Crippen molar-refractivity contribution in [2.75, 3.05) is 11.5 Å².